The summed E-state index contributed by atoms with van der Waals surface area (Å²) < 4.78 is 13.0. The molecule has 0 N–H and O–H groups in total. The Labute approximate surface area is 87.4 Å². The van der Waals surface area contributed by atoms with E-state index in [0.717, 1.165) is 12.1 Å². The zero-order valence-electron chi connectivity index (χ0n) is 6.46. The van der Waals surface area contributed by atoms with Gasteiger partial charge in [0.1, 0.15) is 0 Å². The number of hydrogen-bond acceptors (Lipinski definition) is 3. The Bertz CT molecular complexity index is 422. The summed E-state index contributed by atoms with van der Waals surface area (Å²) in [6, 6.07) is 1.54. The molecule has 0 atom stereocenters. The van der Waals surface area contributed by atoms with Crippen molar-refractivity contribution in [1.29, 1.82) is 0 Å². The summed E-state index contributed by atoms with van der Waals surface area (Å²) >= 11 is 10.3. The highest BCUT2D eigenvalue weighted by Crippen LogP contribution is 2.26. The van der Waals surface area contributed by atoms with Gasteiger partial charge in [-0.2, -0.15) is 0 Å². The van der Waals surface area contributed by atoms with Crippen molar-refractivity contribution in [2.24, 2.45) is 0 Å². The fraction of sp³-hybridized carbons (Fsp3) is 0. The van der Waals surface area contributed by atoms with Crippen LogP contribution in [0.25, 0.3) is 0 Å². The maximum atomic E-state index is 13.0. The van der Waals surface area contributed by atoms with Crippen LogP contribution in [0.5, 0.6) is 0 Å². The van der Waals surface area contributed by atoms with Crippen molar-refractivity contribution < 1.29 is 14.1 Å². The SMILES string of the molecule is O=C(Cl)c1cc([N+](=O)[O-])cc(Cl)c1F. The molecule has 0 aromatic heterocycles. The highest BCUT2D eigenvalue weighted by atomic mass is 35.5. The molecule has 0 bridgehead atoms. The molecule has 0 radical (unpaired) electrons. The lowest BCUT2D eigenvalue weighted by Crippen LogP contribution is -1.98. The van der Waals surface area contributed by atoms with Crippen LogP contribution in [0.2, 0.25) is 5.02 Å². The summed E-state index contributed by atoms with van der Waals surface area (Å²) in [6.07, 6.45) is 0. The number of hydrogen-bond donors (Lipinski definition) is 0. The lowest BCUT2D eigenvalue weighted by molar-refractivity contribution is -0.384. The van der Waals surface area contributed by atoms with Gasteiger partial charge in [0.05, 0.1) is 15.5 Å². The highest BCUT2D eigenvalue weighted by molar-refractivity contribution is 6.67. The van der Waals surface area contributed by atoms with Crippen LogP contribution in [-0.4, -0.2) is 10.2 Å². The largest absolute Gasteiger partial charge is 0.275 e. The third-order valence-corrected chi connectivity index (χ3v) is 1.91. The molecule has 0 saturated carbocycles. The summed E-state index contributed by atoms with van der Waals surface area (Å²) in [5.74, 6) is -1.06. The molecule has 1 aromatic rings. The Balaban J connectivity index is 3.43. The van der Waals surface area contributed by atoms with Gasteiger partial charge in [0.2, 0.25) is 0 Å². The molecule has 0 saturated heterocycles. The van der Waals surface area contributed by atoms with Crippen molar-refractivity contribution in [2.45, 2.75) is 0 Å². The van der Waals surface area contributed by atoms with Crippen LogP contribution in [0.15, 0.2) is 12.1 Å². The number of halogens is 3. The molecule has 0 spiro atoms. The first-order valence-electron chi connectivity index (χ1n) is 3.26. The molecule has 0 heterocycles. The second-order valence-electron chi connectivity index (χ2n) is 2.32. The van der Waals surface area contributed by atoms with Crippen LogP contribution in [0.1, 0.15) is 10.4 Å². The fourth-order valence-corrected chi connectivity index (χ4v) is 1.17. The monoisotopic (exact) mass is 237 g/mol. The van der Waals surface area contributed by atoms with Crippen molar-refractivity contribution in [3.05, 3.63) is 38.7 Å². The number of nitrogens with zero attached hydrogens (tertiary/aromatic N) is 1. The van der Waals surface area contributed by atoms with E-state index in [0.29, 0.717) is 0 Å². The van der Waals surface area contributed by atoms with Crippen molar-refractivity contribution >= 4 is 34.1 Å². The molecule has 1 aromatic carbocycles. The fourth-order valence-electron chi connectivity index (χ4n) is 0.823. The van der Waals surface area contributed by atoms with E-state index >= 15 is 0 Å². The smallest absolute Gasteiger partial charge is 0.271 e. The van der Waals surface area contributed by atoms with Crippen molar-refractivity contribution in [3.8, 4) is 0 Å². The highest BCUT2D eigenvalue weighted by Gasteiger charge is 2.19. The van der Waals surface area contributed by atoms with Gasteiger partial charge >= 0.3 is 0 Å². The lowest BCUT2D eigenvalue weighted by Gasteiger charge is -1.99. The topological polar surface area (TPSA) is 60.2 Å². The first-order chi connectivity index (χ1) is 6.43. The van der Waals surface area contributed by atoms with Crippen LogP contribution in [0, 0.1) is 15.9 Å². The predicted molar refractivity (Wildman–Crippen MR) is 48.2 cm³/mol. The van der Waals surface area contributed by atoms with Gasteiger partial charge in [-0.1, -0.05) is 11.6 Å². The van der Waals surface area contributed by atoms with Gasteiger partial charge in [-0.05, 0) is 11.6 Å². The zero-order valence-corrected chi connectivity index (χ0v) is 7.97. The molecular weight excluding hydrogens is 236 g/mol. The summed E-state index contributed by atoms with van der Waals surface area (Å²) in [7, 11) is 0. The van der Waals surface area contributed by atoms with Gasteiger partial charge in [0.25, 0.3) is 10.9 Å². The van der Waals surface area contributed by atoms with Crippen LogP contribution in [-0.2, 0) is 0 Å². The van der Waals surface area contributed by atoms with E-state index < -0.39 is 32.3 Å². The third kappa shape index (κ3) is 2.00. The van der Waals surface area contributed by atoms with E-state index in [-0.39, 0.29) is 0 Å². The quantitative estimate of drug-likeness (QED) is 0.452. The number of non-ortho nitro benzene ring substituents is 1. The summed E-state index contributed by atoms with van der Waals surface area (Å²) in [5.41, 5.74) is -1.09. The van der Waals surface area contributed by atoms with Crippen molar-refractivity contribution in [2.75, 3.05) is 0 Å². The van der Waals surface area contributed by atoms with Crippen LogP contribution in [0.3, 0.4) is 0 Å². The van der Waals surface area contributed by atoms with Gasteiger partial charge in [-0.3, -0.25) is 14.9 Å². The van der Waals surface area contributed by atoms with Gasteiger partial charge in [0, 0.05) is 12.1 Å². The van der Waals surface area contributed by atoms with Crippen molar-refractivity contribution in [3.63, 3.8) is 0 Å². The molecule has 0 amide bonds. The Morgan fingerprint density at radius 1 is 1.50 bits per heavy atom. The molecule has 7 heteroatoms. The molecule has 0 aliphatic heterocycles. The average molecular weight is 238 g/mol. The van der Waals surface area contributed by atoms with Crippen LogP contribution < -0.4 is 0 Å². The third-order valence-electron chi connectivity index (χ3n) is 1.44. The second kappa shape index (κ2) is 3.89. The van der Waals surface area contributed by atoms with Crippen molar-refractivity contribution in [1.82, 2.24) is 0 Å². The molecule has 0 unspecified atom stereocenters. The normalized spacial score (nSPS) is 9.93. The minimum atomic E-state index is -1.13. The molecule has 74 valence electrons. The number of carbonyl (C=O) groups is 1. The van der Waals surface area contributed by atoms with E-state index in [1.165, 1.54) is 0 Å². The standard InChI is InChI=1S/C7H2Cl2FNO3/c8-5-2-3(11(13)14)1-4(6(5)10)7(9)12/h1-2H. The van der Waals surface area contributed by atoms with Gasteiger partial charge in [-0.15, -0.1) is 0 Å². The second-order valence-corrected chi connectivity index (χ2v) is 3.07. The lowest BCUT2D eigenvalue weighted by atomic mass is 10.2. The van der Waals surface area contributed by atoms with Gasteiger partial charge in [-0.25, -0.2) is 4.39 Å². The van der Waals surface area contributed by atoms with E-state index in [1.54, 1.807) is 0 Å². The molecule has 14 heavy (non-hydrogen) atoms. The predicted octanol–water partition coefficient (Wildman–Crippen LogP) is 2.77. The van der Waals surface area contributed by atoms with Crippen LogP contribution in [0.4, 0.5) is 10.1 Å². The minimum absolute atomic E-state index is 0.486. The number of rotatable bonds is 2. The first-order valence-corrected chi connectivity index (χ1v) is 4.02. The molecule has 0 fully saturated rings. The summed E-state index contributed by atoms with van der Waals surface area (Å²) in [4.78, 5) is 20.1. The Kier molecular flexibility index (Phi) is 3.03. The average Bonchev–Trinajstić information content (AvgIpc) is 2.08. The zero-order chi connectivity index (χ0) is 10.9. The molecule has 0 aliphatic carbocycles. The first kappa shape index (κ1) is 10.9. The Hall–Kier alpha value is -1.20. The van der Waals surface area contributed by atoms with Gasteiger partial charge in [0.15, 0.2) is 5.82 Å². The number of carbonyl (C=O) groups excluding carboxylic acids is 1. The molecule has 1 rings (SSSR count). The Morgan fingerprint density at radius 2 is 2.07 bits per heavy atom. The summed E-state index contributed by atoms with van der Waals surface area (Å²) in [6.45, 7) is 0. The van der Waals surface area contributed by atoms with E-state index in [9.17, 15) is 19.3 Å². The van der Waals surface area contributed by atoms with E-state index in [1.807, 2.05) is 0 Å². The molecule has 4 nitrogen and oxygen atoms in total. The maximum absolute atomic E-state index is 13.0. The molecular formula is C7H2Cl2FNO3. The van der Waals surface area contributed by atoms with E-state index in [4.69, 9.17) is 23.2 Å². The number of nitro groups is 1. The van der Waals surface area contributed by atoms with Crippen LogP contribution >= 0.6 is 23.2 Å². The minimum Gasteiger partial charge on any atom is -0.275 e. The number of benzene rings is 1. The summed E-state index contributed by atoms with van der Waals surface area (Å²) in [5, 5.41) is 8.67. The molecule has 0 aliphatic rings. The maximum Gasteiger partial charge on any atom is 0.271 e. The van der Waals surface area contributed by atoms with E-state index in [2.05, 4.69) is 0 Å². The number of nitro benzene ring substituents is 1. The van der Waals surface area contributed by atoms with Gasteiger partial charge < -0.3 is 0 Å². The Morgan fingerprint density at radius 3 is 2.50 bits per heavy atom.